The van der Waals surface area contributed by atoms with Crippen molar-refractivity contribution in [2.75, 3.05) is 26.7 Å². The van der Waals surface area contributed by atoms with Crippen LogP contribution in [0.4, 0.5) is 0 Å². The Morgan fingerprint density at radius 1 is 1.12 bits per heavy atom. The van der Waals surface area contributed by atoms with Crippen molar-refractivity contribution in [3.8, 4) is 5.75 Å². The van der Waals surface area contributed by atoms with Crippen LogP contribution in [-0.4, -0.2) is 49.8 Å². The second kappa shape index (κ2) is 8.30. The fourth-order valence-electron chi connectivity index (χ4n) is 3.79. The first-order valence-corrected chi connectivity index (χ1v) is 9.27. The Kier molecular flexibility index (Phi) is 6.11. The van der Waals surface area contributed by atoms with Crippen LogP contribution in [0.3, 0.4) is 0 Å². The molecule has 0 aliphatic carbocycles. The number of ether oxygens (including phenoxy) is 1. The molecular weight excluding hydrogens is 300 g/mol. The Hall–Kier alpha value is -1.14. The number of hydrogen-bond acceptors (Lipinski definition) is 5. The van der Waals surface area contributed by atoms with Crippen LogP contribution in [0.15, 0.2) is 24.3 Å². The number of hydrogen-bond donors (Lipinski definition) is 3. The molecule has 0 bridgehead atoms. The first kappa shape index (κ1) is 17.7. The Labute approximate surface area is 146 Å². The molecule has 0 amide bonds. The third-order valence-electron chi connectivity index (χ3n) is 5.29. The highest BCUT2D eigenvalue weighted by Crippen LogP contribution is 2.20. The van der Waals surface area contributed by atoms with E-state index in [-0.39, 0.29) is 0 Å². The molecule has 24 heavy (non-hydrogen) atoms. The van der Waals surface area contributed by atoms with E-state index in [1.54, 1.807) is 0 Å². The minimum Gasteiger partial charge on any atom is -0.490 e. The second-order valence-corrected chi connectivity index (χ2v) is 7.44. The maximum absolute atomic E-state index is 6.17. The predicted octanol–water partition coefficient (Wildman–Crippen LogP) is 1.75. The predicted molar refractivity (Wildman–Crippen MR) is 98.0 cm³/mol. The summed E-state index contributed by atoms with van der Waals surface area (Å²) in [6, 6.07) is 9.62. The van der Waals surface area contributed by atoms with Crippen molar-refractivity contribution in [2.45, 2.75) is 51.4 Å². The van der Waals surface area contributed by atoms with Gasteiger partial charge >= 0.3 is 0 Å². The minimum absolute atomic E-state index is 0.358. The molecule has 2 aliphatic heterocycles. The first-order valence-electron chi connectivity index (χ1n) is 9.27. The van der Waals surface area contributed by atoms with Crippen LogP contribution in [0.2, 0.25) is 0 Å². The molecule has 0 saturated carbocycles. The molecule has 0 spiro atoms. The van der Waals surface area contributed by atoms with Gasteiger partial charge in [0.1, 0.15) is 11.9 Å². The zero-order valence-corrected chi connectivity index (χ0v) is 15.2. The second-order valence-electron chi connectivity index (χ2n) is 7.44. The lowest BCUT2D eigenvalue weighted by Gasteiger charge is -2.26. The quantitative estimate of drug-likeness (QED) is 0.741. The molecule has 2 unspecified atom stereocenters. The van der Waals surface area contributed by atoms with Gasteiger partial charge in [-0.3, -0.25) is 10.9 Å². The summed E-state index contributed by atoms with van der Waals surface area (Å²) in [4.78, 5) is 2.41. The molecule has 1 aromatic rings. The van der Waals surface area contributed by atoms with Crippen molar-refractivity contribution >= 4 is 0 Å². The standard InChI is InChI=1S/C19H32N4O/c1-14-19(15(2)22-21-14)13-23(3)12-16-5-4-6-18(11-16)24-17-7-9-20-10-8-17/h4-6,11,14-15,17,19-22H,7-10,12-13H2,1-3H3. The maximum Gasteiger partial charge on any atom is 0.120 e. The van der Waals surface area contributed by atoms with Gasteiger partial charge < -0.3 is 15.0 Å². The lowest BCUT2D eigenvalue weighted by atomic mass is 9.96. The van der Waals surface area contributed by atoms with Gasteiger partial charge in [0.2, 0.25) is 0 Å². The molecule has 0 aromatic heterocycles. The summed E-state index contributed by atoms with van der Waals surface area (Å²) in [5, 5.41) is 3.38. The highest BCUT2D eigenvalue weighted by atomic mass is 16.5. The molecule has 3 rings (SSSR count). The van der Waals surface area contributed by atoms with Crippen molar-refractivity contribution in [1.29, 1.82) is 0 Å². The molecule has 2 saturated heterocycles. The van der Waals surface area contributed by atoms with Gasteiger partial charge in [-0.05, 0) is 64.5 Å². The summed E-state index contributed by atoms with van der Waals surface area (Å²) < 4.78 is 6.17. The number of hydrazine groups is 1. The zero-order chi connectivity index (χ0) is 16.9. The van der Waals surface area contributed by atoms with E-state index in [1.165, 1.54) is 5.56 Å². The van der Waals surface area contributed by atoms with Crippen molar-refractivity contribution in [2.24, 2.45) is 5.92 Å². The lowest BCUT2D eigenvalue weighted by molar-refractivity contribution is 0.162. The molecule has 3 N–H and O–H groups in total. The van der Waals surface area contributed by atoms with Gasteiger partial charge in [0.25, 0.3) is 0 Å². The van der Waals surface area contributed by atoms with Crippen LogP contribution in [0.25, 0.3) is 0 Å². The minimum atomic E-state index is 0.358. The largest absolute Gasteiger partial charge is 0.490 e. The van der Waals surface area contributed by atoms with Gasteiger partial charge in [-0.25, -0.2) is 0 Å². The van der Waals surface area contributed by atoms with E-state index in [9.17, 15) is 0 Å². The highest BCUT2D eigenvalue weighted by molar-refractivity contribution is 5.28. The van der Waals surface area contributed by atoms with Crippen LogP contribution in [-0.2, 0) is 6.54 Å². The summed E-state index contributed by atoms with van der Waals surface area (Å²) >= 11 is 0. The van der Waals surface area contributed by atoms with Gasteiger partial charge in [0.15, 0.2) is 0 Å². The summed E-state index contributed by atoms with van der Waals surface area (Å²) in [6.07, 6.45) is 2.56. The molecule has 5 heteroatoms. The summed E-state index contributed by atoms with van der Waals surface area (Å²) in [7, 11) is 2.21. The molecule has 0 radical (unpaired) electrons. The third kappa shape index (κ3) is 4.70. The molecule has 2 heterocycles. The number of nitrogens with one attached hydrogen (secondary N) is 3. The van der Waals surface area contributed by atoms with Gasteiger partial charge in [0, 0.05) is 31.1 Å². The smallest absolute Gasteiger partial charge is 0.120 e. The normalized spacial score (nSPS) is 28.4. The number of nitrogens with zero attached hydrogens (tertiary/aromatic N) is 1. The van der Waals surface area contributed by atoms with Crippen molar-refractivity contribution in [3.05, 3.63) is 29.8 Å². The molecule has 2 aliphatic rings. The summed E-state index contributed by atoms with van der Waals surface area (Å²) in [6.45, 7) is 8.67. The Morgan fingerprint density at radius 3 is 2.54 bits per heavy atom. The molecule has 2 fully saturated rings. The first-order chi connectivity index (χ1) is 11.6. The van der Waals surface area contributed by atoms with E-state index in [0.29, 0.717) is 24.1 Å². The Morgan fingerprint density at radius 2 is 1.83 bits per heavy atom. The SMILES string of the molecule is CC1NNC(C)C1CN(C)Cc1cccc(OC2CCNCC2)c1. The van der Waals surface area contributed by atoms with Crippen LogP contribution in [0.5, 0.6) is 5.75 Å². The average Bonchev–Trinajstić information content (AvgIpc) is 2.88. The van der Waals surface area contributed by atoms with Crippen molar-refractivity contribution in [3.63, 3.8) is 0 Å². The van der Waals surface area contributed by atoms with E-state index in [0.717, 1.165) is 44.8 Å². The van der Waals surface area contributed by atoms with Gasteiger partial charge in [-0.2, -0.15) is 0 Å². The average molecular weight is 332 g/mol. The molecule has 134 valence electrons. The number of benzene rings is 1. The molecular formula is C19H32N4O. The molecule has 1 aromatic carbocycles. The Bertz CT molecular complexity index is 508. The van der Waals surface area contributed by atoms with E-state index in [2.05, 4.69) is 66.2 Å². The third-order valence-corrected chi connectivity index (χ3v) is 5.29. The Balaban J connectivity index is 1.53. The van der Waals surface area contributed by atoms with Crippen LogP contribution < -0.4 is 20.9 Å². The monoisotopic (exact) mass is 332 g/mol. The van der Waals surface area contributed by atoms with E-state index in [4.69, 9.17) is 4.74 Å². The van der Waals surface area contributed by atoms with Crippen molar-refractivity contribution < 1.29 is 4.74 Å². The maximum atomic E-state index is 6.17. The molecule has 2 atom stereocenters. The molecule has 5 nitrogen and oxygen atoms in total. The highest BCUT2D eigenvalue weighted by Gasteiger charge is 2.30. The van der Waals surface area contributed by atoms with Gasteiger partial charge in [-0.1, -0.05) is 12.1 Å². The van der Waals surface area contributed by atoms with Gasteiger partial charge in [-0.15, -0.1) is 0 Å². The van der Waals surface area contributed by atoms with E-state index < -0.39 is 0 Å². The topological polar surface area (TPSA) is 48.6 Å². The van der Waals surface area contributed by atoms with Gasteiger partial charge in [0.05, 0.1) is 0 Å². The summed E-state index contributed by atoms with van der Waals surface area (Å²) in [5.74, 6) is 1.64. The van der Waals surface area contributed by atoms with Crippen LogP contribution >= 0.6 is 0 Å². The van der Waals surface area contributed by atoms with Crippen LogP contribution in [0.1, 0.15) is 32.3 Å². The van der Waals surface area contributed by atoms with Crippen LogP contribution in [0, 0.1) is 5.92 Å². The number of piperidine rings is 1. The van der Waals surface area contributed by atoms with E-state index in [1.807, 2.05) is 0 Å². The zero-order valence-electron chi connectivity index (χ0n) is 15.2. The number of rotatable bonds is 6. The fraction of sp³-hybridized carbons (Fsp3) is 0.684. The van der Waals surface area contributed by atoms with Crippen molar-refractivity contribution in [1.82, 2.24) is 21.1 Å². The fourth-order valence-corrected chi connectivity index (χ4v) is 3.79. The lowest BCUT2D eigenvalue weighted by Crippen LogP contribution is -2.35. The summed E-state index contributed by atoms with van der Waals surface area (Å²) in [5.41, 5.74) is 8.01. The van der Waals surface area contributed by atoms with E-state index >= 15 is 0 Å².